The van der Waals surface area contributed by atoms with Crippen LogP contribution in [0, 0.1) is 12.7 Å². The summed E-state index contributed by atoms with van der Waals surface area (Å²) in [6.45, 7) is 2.72. The number of amides is 2. The Labute approximate surface area is 117 Å². The fourth-order valence-electron chi connectivity index (χ4n) is 1.56. The Morgan fingerprint density at radius 2 is 2.00 bits per heavy atom. The van der Waals surface area contributed by atoms with E-state index in [9.17, 15) is 14.0 Å². The van der Waals surface area contributed by atoms with Gasteiger partial charge in [-0.1, -0.05) is 0 Å². The van der Waals surface area contributed by atoms with Gasteiger partial charge in [-0.3, -0.25) is 9.59 Å². The topological polar surface area (TPSA) is 67.4 Å². The zero-order valence-electron chi connectivity index (χ0n) is 11.7. The number of carbonyl (C=O) groups excluding carboxylic acids is 2. The maximum absolute atomic E-state index is 13.1. The lowest BCUT2D eigenvalue weighted by Crippen LogP contribution is -2.32. The summed E-state index contributed by atoms with van der Waals surface area (Å²) in [5.41, 5.74) is 0.790. The van der Waals surface area contributed by atoms with Crippen LogP contribution in [0.15, 0.2) is 18.2 Å². The molecule has 0 unspecified atom stereocenters. The Bertz CT molecular complexity index is 477. The lowest BCUT2D eigenvalue weighted by molar-refractivity contribution is -0.121. The second-order valence-electron chi connectivity index (χ2n) is 4.31. The highest BCUT2D eigenvalue weighted by Crippen LogP contribution is 2.08. The lowest BCUT2D eigenvalue weighted by Gasteiger charge is -2.07. The van der Waals surface area contributed by atoms with E-state index in [0.717, 1.165) is 0 Å². The molecule has 110 valence electrons. The average molecular weight is 282 g/mol. The molecule has 20 heavy (non-hydrogen) atoms. The van der Waals surface area contributed by atoms with Crippen LogP contribution in [0.5, 0.6) is 0 Å². The van der Waals surface area contributed by atoms with Crippen LogP contribution >= 0.6 is 0 Å². The van der Waals surface area contributed by atoms with E-state index in [1.807, 2.05) is 0 Å². The highest BCUT2D eigenvalue weighted by molar-refractivity contribution is 5.94. The van der Waals surface area contributed by atoms with Gasteiger partial charge < -0.3 is 15.4 Å². The number of aryl methyl sites for hydroxylation is 1. The van der Waals surface area contributed by atoms with Crippen molar-refractivity contribution < 1.29 is 18.7 Å². The van der Waals surface area contributed by atoms with E-state index in [2.05, 4.69) is 10.6 Å². The first kappa shape index (κ1) is 16.1. The third kappa shape index (κ3) is 5.36. The van der Waals surface area contributed by atoms with Crippen molar-refractivity contribution in [3.63, 3.8) is 0 Å². The summed E-state index contributed by atoms with van der Waals surface area (Å²) in [7, 11) is 1.55. The molecule has 1 aromatic carbocycles. The van der Waals surface area contributed by atoms with E-state index >= 15 is 0 Å². The third-order valence-electron chi connectivity index (χ3n) is 2.69. The molecular weight excluding hydrogens is 263 g/mol. The molecule has 1 aromatic rings. The fraction of sp³-hybridized carbons (Fsp3) is 0.429. The molecule has 0 saturated carbocycles. The first-order chi connectivity index (χ1) is 9.54. The summed E-state index contributed by atoms with van der Waals surface area (Å²) in [5, 5.41) is 5.26. The summed E-state index contributed by atoms with van der Waals surface area (Å²) in [5.74, 6) is -0.825. The summed E-state index contributed by atoms with van der Waals surface area (Å²) < 4.78 is 17.9. The van der Waals surface area contributed by atoms with Gasteiger partial charge in [0.1, 0.15) is 5.82 Å². The normalized spacial score (nSPS) is 10.2. The predicted molar refractivity (Wildman–Crippen MR) is 73.0 cm³/mol. The maximum Gasteiger partial charge on any atom is 0.251 e. The number of hydrogen-bond donors (Lipinski definition) is 2. The molecule has 0 radical (unpaired) electrons. The summed E-state index contributed by atoms with van der Waals surface area (Å²) in [6.07, 6.45) is 0.190. The predicted octanol–water partition coefficient (Wildman–Crippen LogP) is 1.02. The van der Waals surface area contributed by atoms with Crippen LogP contribution in [0.1, 0.15) is 22.3 Å². The standard InChI is InChI=1S/C14H19FN2O3/c1-10-9-11(3-4-12(10)15)14(19)17-6-5-13(18)16-7-8-20-2/h3-4,9H,5-8H2,1-2H3,(H,16,18)(H,17,19). The first-order valence-corrected chi connectivity index (χ1v) is 6.34. The van der Waals surface area contributed by atoms with E-state index in [1.54, 1.807) is 14.0 Å². The van der Waals surface area contributed by atoms with Crippen LogP contribution in [0.2, 0.25) is 0 Å². The Balaban J connectivity index is 2.32. The van der Waals surface area contributed by atoms with Crippen LogP contribution in [0.3, 0.4) is 0 Å². The summed E-state index contributed by atoms with van der Waals surface area (Å²) >= 11 is 0. The molecule has 1 rings (SSSR count). The zero-order chi connectivity index (χ0) is 15.0. The SMILES string of the molecule is COCCNC(=O)CCNC(=O)c1ccc(F)c(C)c1. The molecule has 0 aliphatic carbocycles. The van der Waals surface area contributed by atoms with Crippen LogP contribution in [-0.2, 0) is 9.53 Å². The van der Waals surface area contributed by atoms with Gasteiger partial charge >= 0.3 is 0 Å². The molecule has 0 bridgehead atoms. The van der Waals surface area contributed by atoms with Gasteiger partial charge in [0.15, 0.2) is 0 Å². The van der Waals surface area contributed by atoms with Crippen LogP contribution < -0.4 is 10.6 Å². The average Bonchev–Trinajstić information content (AvgIpc) is 2.42. The van der Waals surface area contributed by atoms with Crippen LogP contribution in [0.4, 0.5) is 4.39 Å². The summed E-state index contributed by atoms with van der Waals surface area (Å²) in [6, 6.07) is 4.14. The molecule has 0 heterocycles. The Morgan fingerprint density at radius 1 is 1.25 bits per heavy atom. The van der Waals surface area contributed by atoms with Gasteiger partial charge in [0.05, 0.1) is 6.61 Å². The van der Waals surface area contributed by atoms with Gasteiger partial charge in [-0.05, 0) is 30.7 Å². The van der Waals surface area contributed by atoms with Crippen molar-refractivity contribution in [2.45, 2.75) is 13.3 Å². The van der Waals surface area contributed by atoms with Crippen molar-refractivity contribution in [3.8, 4) is 0 Å². The van der Waals surface area contributed by atoms with Crippen molar-refractivity contribution in [2.24, 2.45) is 0 Å². The first-order valence-electron chi connectivity index (χ1n) is 6.34. The second-order valence-corrected chi connectivity index (χ2v) is 4.31. The van der Waals surface area contributed by atoms with Crippen molar-refractivity contribution in [1.29, 1.82) is 0 Å². The molecule has 0 aliphatic rings. The number of halogens is 1. The molecule has 2 amide bonds. The van der Waals surface area contributed by atoms with Crippen LogP contribution in [-0.4, -0.2) is 38.6 Å². The van der Waals surface area contributed by atoms with E-state index in [-0.39, 0.29) is 30.6 Å². The van der Waals surface area contributed by atoms with Gasteiger partial charge in [0, 0.05) is 32.2 Å². The van der Waals surface area contributed by atoms with E-state index in [1.165, 1.54) is 18.2 Å². The van der Waals surface area contributed by atoms with Gasteiger partial charge in [-0.15, -0.1) is 0 Å². The molecule has 2 N–H and O–H groups in total. The van der Waals surface area contributed by atoms with E-state index in [0.29, 0.717) is 24.3 Å². The molecular formula is C14H19FN2O3. The smallest absolute Gasteiger partial charge is 0.251 e. The number of carbonyl (C=O) groups is 2. The minimum atomic E-state index is -0.348. The van der Waals surface area contributed by atoms with E-state index in [4.69, 9.17) is 4.74 Å². The van der Waals surface area contributed by atoms with Gasteiger partial charge in [0.25, 0.3) is 5.91 Å². The molecule has 0 saturated heterocycles. The molecule has 0 aliphatic heterocycles. The molecule has 6 heteroatoms. The maximum atomic E-state index is 13.1. The highest BCUT2D eigenvalue weighted by Gasteiger charge is 2.08. The second kappa shape index (κ2) is 8.27. The Morgan fingerprint density at radius 3 is 2.65 bits per heavy atom. The highest BCUT2D eigenvalue weighted by atomic mass is 19.1. The molecule has 5 nitrogen and oxygen atoms in total. The van der Waals surface area contributed by atoms with Gasteiger partial charge in [0.2, 0.25) is 5.91 Å². The monoisotopic (exact) mass is 282 g/mol. The summed E-state index contributed by atoms with van der Waals surface area (Å²) in [4.78, 5) is 23.1. The Hall–Kier alpha value is -1.95. The number of benzene rings is 1. The fourth-order valence-corrected chi connectivity index (χ4v) is 1.56. The number of methoxy groups -OCH3 is 1. The zero-order valence-corrected chi connectivity index (χ0v) is 11.7. The van der Waals surface area contributed by atoms with Crippen molar-refractivity contribution in [1.82, 2.24) is 10.6 Å². The molecule has 0 fully saturated rings. The largest absolute Gasteiger partial charge is 0.383 e. The van der Waals surface area contributed by atoms with Gasteiger partial charge in [-0.25, -0.2) is 4.39 Å². The van der Waals surface area contributed by atoms with Crippen molar-refractivity contribution in [2.75, 3.05) is 26.8 Å². The molecule has 0 atom stereocenters. The van der Waals surface area contributed by atoms with Crippen LogP contribution in [0.25, 0.3) is 0 Å². The number of nitrogens with one attached hydrogen (secondary N) is 2. The van der Waals surface area contributed by atoms with Gasteiger partial charge in [-0.2, -0.15) is 0 Å². The molecule has 0 spiro atoms. The van der Waals surface area contributed by atoms with Crippen molar-refractivity contribution >= 4 is 11.8 Å². The Kier molecular flexibility index (Phi) is 6.66. The third-order valence-corrected chi connectivity index (χ3v) is 2.69. The minimum Gasteiger partial charge on any atom is -0.383 e. The quantitative estimate of drug-likeness (QED) is 0.734. The minimum absolute atomic E-state index is 0.155. The number of ether oxygens (including phenoxy) is 1. The van der Waals surface area contributed by atoms with E-state index < -0.39 is 0 Å². The number of rotatable bonds is 7. The van der Waals surface area contributed by atoms with Crippen molar-refractivity contribution in [3.05, 3.63) is 35.1 Å². The molecule has 0 aromatic heterocycles. The lowest BCUT2D eigenvalue weighted by atomic mass is 10.1. The number of hydrogen-bond acceptors (Lipinski definition) is 3.